The number of benzene rings is 2. The van der Waals surface area contributed by atoms with Crippen LogP contribution in [0.5, 0.6) is 11.5 Å². The van der Waals surface area contributed by atoms with Crippen molar-refractivity contribution in [1.29, 1.82) is 0 Å². The van der Waals surface area contributed by atoms with Gasteiger partial charge in [-0.3, -0.25) is 9.69 Å². The molecule has 0 spiro atoms. The van der Waals surface area contributed by atoms with E-state index in [2.05, 4.69) is 29.3 Å². The van der Waals surface area contributed by atoms with E-state index in [1.165, 1.54) is 0 Å². The molecule has 1 saturated heterocycles. The highest BCUT2D eigenvalue weighted by Gasteiger charge is 2.31. The summed E-state index contributed by atoms with van der Waals surface area (Å²) in [4.78, 5) is 15.4. The van der Waals surface area contributed by atoms with Gasteiger partial charge in [-0.05, 0) is 30.7 Å². The minimum absolute atomic E-state index is 0.0688. The first kappa shape index (κ1) is 20.7. The zero-order valence-corrected chi connectivity index (χ0v) is 17.9. The molecule has 0 saturated carbocycles. The quantitative estimate of drug-likeness (QED) is 0.791. The number of nitrogens with zero attached hydrogens (tertiary/aromatic N) is 1. The first-order valence-corrected chi connectivity index (χ1v) is 10.6. The first-order valence-electron chi connectivity index (χ1n) is 10.6. The summed E-state index contributed by atoms with van der Waals surface area (Å²) >= 11 is 0. The number of nitrogens with one attached hydrogen (secondary N) is 1. The molecule has 0 aliphatic carbocycles. The van der Waals surface area contributed by atoms with Crippen molar-refractivity contribution in [3.8, 4) is 11.5 Å². The number of ether oxygens (including phenoxy) is 3. The maximum absolute atomic E-state index is 13.1. The Morgan fingerprint density at radius 2 is 1.90 bits per heavy atom. The molecule has 1 amide bonds. The van der Waals surface area contributed by atoms with Crippen LogP contribution in [0.1, 0.15) is 47.3 Å². The number of amides is 1. The highest BCUT2D eigenvalue weighted by molar-refractivity contribution is 5.97. The van der Waals surface area contributed by atoms with E-state index in [1.54, 1.807) is 7.11 Å². The van der Waals surface area contributed by atoms with Crippen LogP contribution < -0.4 is 14.8 Å². The van der Waals surface area contributed by atoms with Crippen molar-refractivity contribution in [1.82, 2.24) is 10.2 Å². The van der Waals surface area contributed by atoms with Crippen molar-refractivity contribution in [2.75, 3.05) is 40.0 Å². The molecule has 0 unspecified atom stereocenters. The normalized spacial score (nSPS) is 22.1. The Hall–Kier alpha value is -2.57. The summed E-state index contributed by atoms with van der Waals surface area (Å²) in [5.41, 5.74) is 2.86. The Bertz CT molecular complexity index is 877. The molecule has 1 N–H and O–H groups in total. The summed E-state index contributed by atoms with van der Waals surface area (Å²) in [6.45, 7) is 7.78. The van der Waals surface area contributed by atoms with Crippen molar-refractivity contribution in [2.24, 2.45) is 0 Å². The number of carbonyl (C=O) groups is 1. The fourth-order valence-electron chi connectivity index (χ4n) is 4.22. The summed E-state index contributed by atoms with van der Waals surface area (Å²) in [7, 11) is 1.66. The van der Waals surface area contributed by atoms with Crippen LogP contribution in [0.15, 0.2) is 42.5 Å². The third kappa shape index (κ3) is 4.16. The second kappa shape index (κ2) is 9.06. The zero-order chi connectivity index (χ0) is 21.1. The first-order chi connectivity index (χ1) is 14.6. The van der Waals surface area contributed by atoms with Crippen LogP contribution >= 0.6 is 0 Å². The predicted molar refractivity (Wildman–Crippen MR) is 115 cm³/mol. The van der Waals surface area contributed by atoms with E-state index in [-0.39, 0.29) is 24.0 Å². The van der Waals surface area contributed by atoms with Gasteiger partial charge in [0.2, 0.25) is 0 Å². The van der Waals surface area contributed by atoms with Crippen molar-refractivity contribution in [3.63, 3.8) is 0 Å². The molecule has 2 aromatic rings. The minimum atomic E-state index is -0.0973. The molecule has 160 valence electrons. The van der Waals surface area contributed by atoms with E-state index in [0.717, 1.165) is 35.7 Å². The highest BCUT2D eigenvalue weighted by Crippen LogP contribution is 2.40. The van der Waals surface area contributed by atoms with Gasteiger partial charge in [0.15, 0.2) is 0 Å². The fourth-order valence-corrected chi connectivity index (χ4v) is 4.22. The molecule has 2 aliphatic rings. The van der Waals surface area contributed by atoms with Gasteiger partial charge in [0.05, 0.1) is 31.9 Å². The van der Waals surface area contributed by atoms with Gasteiger partial charge in [0.25, 0.3) is 5.91 Å². The summed E-state index contributed by atoms with van der Waals surface area (Å²) in [6, 6.07) is 14.0. The van der Waals surface area contributed by atoms with E-state index in [4.69, 9.17) is 14.2 Å². The van der Waals surface area contributed by atoms with Crippen LogP contribution in [0.3, 0.4) is 0 Å². The van der Waals surface area contributed by atoms with Crippen LogP contribution in [0.4, 0.5) is 0 Å². The minimum Gasteiger partial charge on any atom is -0.497 e. The number of carbonyl (C=O) groups excluding carboxylic acids is 1. The lowest BCUT2D eigenvalue weighted by molar-refractivity contribution is 0.0162. The van der Waals surface area contributed by atoms with Crippen LogP contribution in [-0.2, 0) is 4.74 Å². The van der Waals surface area contributed by atoms with Gasteiger partial charge >= 0.3 is 0 Å². The topological polar surface area (TPSA) is 60.0 Å². The van der Waals surface area contributed by atoms with Gasteiger partial charge in [-0.1, -0.05) is 31.2 Å². The van der Waals surface area contributed by atoms with Crippen LogP contribution in [0.25, 0.3) is 0 Å². The number of hydrogen-bond acceptors (Lipinski definition) is 5. The smallest absolute Gasteiger partial charge is 0.255 e. The maximum atomic E-state index is 13.1. The Balaban J connectivity index is 1.52. The fraction of sp³-hybridized carbons (Fsp3) is 0.458. The average Bonchev–Trinajstić information content (AvgIpc) is 3.08. The lowest BCUT2D eigenvalue weighted by Gasteiger charge is -2.35. The summed E-state index contributed by atoms with van der Waals surface area (Å²) in [5.74, 6) is 1.74. The van der Waals surface area contributed by atoms with Crippen LogP contribution in [0.2, 0.25) is 0 Å². The van der Waals surface area contributed by atoms with Crippen molar-refractivity contribution in [2.45, 2.75) is 31.9 Å². The average molecular weight is 411 g/mol. The molecule has 3 atom stereocenters. The Labute approximate surface area is 178 Å². The number of rotatable bonds is 6. The molecule has 6 heteroatoms. The van der Waals surface area contributed by atoms with Gasteiger partial charge in [0, 0.05) is 31.1 Å². The Morgan fingerprint density at radius 3 is 2.60 bits per heavy atom. The molecule has 1 fully saturated rings. The molecular formula is C24H30N2O4. The van der Waals surface area contributed by atoms with Crippen LogP contribution in [0, 0.1) is 0 Å². The maximum Gasteiger partial charge on any atom is 0.255 e. The van der Waals surface area contributed by atoms with Gasteiger partial charge in [-0.2, -0.15) is 0 Å². The van der Waals surface area contributed by atoms with E-state index in [9.17, 15) is 4.79 Å². The largest absolute Gasteiger partial charge is 0.497 e. The summed E-state index contributed by atoms with van der Waals surface area (Å²) in [5, 5.41) is 3.15. The standard InChI is InChI=1S/C24H30N2O4/c1-16-17(2)30-23-20(16)5-4-6-21(23)24(27)25-15-22(26-11-13-29-14-12-26)18-7-9-19(28-3)10-8-18/h4-10,16-17,22H,11-15H2,1-3H3,(H,25,27)/t16-,17+,22-/m0/s1. The molecule has 2 heterocycles. The van der Waals surface area contributed by atoms with E-state index in [0.29, 0.717) is 25.3 Å². The van der Waals surface area contributed by atoms with Crippen LogP contribution in [-0.4, -0.2) is 56.9 Å². The Kier molecular flexibility index (Phi) is 6.25. The predicted octanol–water partition coefficient (Wildman–Crippen LogP) is 3.38. The third-order valence-corrected chi connectivity index (χ3v) is 6.23. The lowest BCUT2D eigenvalue weighted by atomic mass is 9.96. The number of fused-ring (bicyclic) bond motifs is 1. The molecule has 2 aliphatic heterocycles. The second-order valence-corrected chi connectivity index (χ2v) is 7.98. The van der Waals surface area contributed by atoms with Gasteiger partial charge in [0.1, 0.15) is 17.6 Å². The monoisotopic (exact) mass is 410 g/mol. The number of methoxy groups -OCH3 is 1. The van der Waals surface area contributed by atoms with Crippen molar-refractivity contribution in [3.05, 3.63) is 59.2 Å². The zero-order valence-electron chi connectivity index (χ0n) is 17.9. The van der Waals surface area contributed by atoms with E-state index in [1.807, 2.05) is 37.3 Å². The molecule has 0 radical (unpaired) electrons. The summed E-state index contributed by atoms with van der Waals surface area (Å²) < 4.78 is 16.8. The third-order valence-electron chi connectivity index (χ3n) is 6.23. The molecular weight excluding hydrogens is 380 g/mol. The molecule has 6 nitrogen and oxygen atoms in total. The second-order valence-electron chi connectivity index (χ2n) is 7.98. The lowest BCUT2D eigenvalue weighted by Crippen LogP contribution is -2.43. The summed E-state index contributed by atoms with van der Waals surface area (Å²) in [6.07, 6.45) is 0.0781. The molecule has 2 aromatic carbocycles. The SMILES string of the molecule is COc1ccc([C@H](CNC(=O)c2cccc3c2O[C@H](C)[C@@H]3C)N2CCOCC2)cc1. The van der Waals surface area contributed by atoms with E-state index >= 15 is 0 Å². The van der Waals surface area contributed by atoms with E-state index < -0.39 is 0 Å². The van der Waals surface area contributed by atoms with Gasteiger partial charge in [-0.25, -0.2) is 0 Å². The number of morpholine rings is 1. The molecule has 4 rings (SSSR count). The molecule has 0 bridgehead atoms. The van der Waals surface area contributed by atoms with Gasteiger partial charge < -0.3 is 19.5 Å². The van der Waals surface area contributed by atoms with Crippen molar-refractivity contribution >= 4 is 5.91 Å². The molecule has 30 heavy (non-hydrogen) atoms. The van der Waals surface area contributed by atoms with Crippen molar-refractivity contribution < 1.29 is 19.0 Å². The Morgan fingerprint density at radius 1 is 1.17 bits per heavy atom. The highest BCUT2D eigenvalue weighted by atomic mass is 16.5. The van der Waals surface area contributed by atoms with Gasteiger partial charge in [-0.15, -0.1) is 0 Å². The number of hydrogen-bond donors (Lipinski definition) is 1. The number of para-hydroxylation sites is 1. The molecule has 0 aromatic heterocycles.